The van der Waals surface area contributed by atoms with E-state index in [9.17, 15) is 4.39 Å². The first-order valence-electron chi connectivity index (χ1n) is 4.35. The van der Waals surface area contributed by atoms with Gasteiger partial charge in [-0.05, 0) is 13.3 Å². The molecule has 0 aromatic rings. The Labute approximate surface area is 67.8 Å². The van der Waals surface area contributed by atoms with Crippen molar-refractivity contribution in [3.05, 3.63) is 0 Å². The molecule has 0 amide bonds. The van der Waals surface area contributed by atoms with E-state index in [0.717, 1.165) is 26.2 Å². The predicted octanol–water partition coefficient (Wildman–Crippen LogP) is 0.640. The van der Waals surface area contributed by atoms with E-state index < -0.39 is 0 Å². The molecule has 1 saturated heterocycles. The second-order valence-electron chi connectivity index (χ2n) is 3.13. The third-order valence-corrected chi connectivity index (χ3v) is 2.22. The highest BCUT2D eigenvalue weighted by Crippen LogP contribution is 2.02. The van der Waals surface area contributed by atoms with Gasteiger partial charge in [-0.3, -0.25) is 9.29 Å². The summed E-state index contributed by atoms with van der Waals surface area (Å²) in [6.45, 7) is 6.09. The van der Waals surface area contributed by atoms with E-state index >= 15 is 0 Å². The molecule has 1 heterocycles. The molecule has 0 saturated carbocycles. The highest BCUT2D eigenvalue weighted by Gasteiger charge is 2.16. The zero-order valence-electron chi connectivity index (χ0n) is 7.15. The fraction of sp³-hybridized carbons (Fsp3) is 1.00. The number of alkyl halides is 1. The minimum Gasteiger partial charge on any atom is -0.314 e. The molecule has 1 N–H and O–H groups in total. The maximum Gasteiger partial charge on any atom is 0.0906 e. The summed E-state index contributed by atoms with van der Waals surface area (Å²) in [5, 5.41) is 3.31. The van der Waals surface area contributed by atoms with Crippen LogP contribution in [0.2, 0.25) is 0 Å². The van der Waals surface area contributed by atoms with Crippen molar-refractivity contribution in [2.75, 3.05) is 32.9 Å². The second kappa shape index (κ2) is 4.67. The Morgan fingerprint density at radius 1 is 1.64 bits per heavy atom. The summed E-state index contributed by atoms with van der Waals surface area (Å²) in [6.07, 6.45) is 0.685. The van der Waals surface area contributed by atoms with Gasteiger partial charge in [0.2, 0.25) is 0 Å². The number of piperazine rings is 1. The molecule has 1 rings (SSSR count). The summed E-state index contributed by atoms with van der Waals surface area (Å²) in [5.41, 5.74) is 0. The maximum atomic E-state index is 11.8. The highest BCUT2D eigenvalue weighted by molar-refractivity contribution is 4.75. The van der Waals surface area contributed by atoms with Crippen LogP contribution >= 0.6 is 0 Å². The van der Waals surface area contributed by atoms with Gasteiger partial charge in [0.15, 0.2) is 0 Å². The van der Waals surface area contributed by atoms with Gasteiger partial charge in [0.25, 0.3) is 0 Å². The molecule has 2 nitrogen and oxygen atoms in total. The number of rotatable bonds is 3. The average Bonchev–Trinajstić information content (AvgIpc) is 2.03. The molecule has 3 heteroatoms. The topological polar surface area (TPSA) is 15.3 Å². The molecule has 0 unspecified atom stereocenters. The van der Waals surface area contributed by atoms with E-state index in [1.807, 2.05) is 0 Å². The minimum atomic E-state index is -0.184. The molecule has 1 aliphatic rings. The average molecular weight is 160 g/mol. The van der Waals surface area contributed by atoms with Crippen LogP contribution < -0.4 is 5.32 Å². The fourth-order valence-electron chi connectivity index (χ4n) is 1.48. The number of hydrogen-bond acceptors (Lipinski definition) is 2. The Kier molecular flexibility index (Phi) is 3.80. The lowest BCUT2D eigenvalue weighted by Gasteiger charge is -2.33. The van der Waals surface area contributed by atoms with Crippen molar-refractivity contribution in [1.29, 1.82) is 0 Å². The minimum absolute atomic E-state index is 0.184. The van der Waals surface area contributed by atoms with Crippen molar-refractivity contribution in [2.24, 2.45) is 0 Å². The van der Waals surface area contributed by atoms with Crippen LogP contribution in [-0.2, 0) is 0 Å². The maximum absolute atomic E-state index is 11.8. The molecule has 11 heavy (non-hydrogen) atoms. The smallest absolute Gasteiger partial charge is 0.0906 e. The standard InChI is InChI=1S/C8H17FN2/c1-8-7-10-4-6-11(8)5-2-3-9/h8,10H,2-7H2,1H3/t8-/m1/s1. The van der Waals surface area contributed by atoms with Gasteiger partial charge < -0.3 is 5.32 Å². The Balaban J connectivity index is 2.18. The normalized spacial score (nSPS) is 27.3. The Bertz CT molecular complexity index is 108. The lowest BCUT2D eigenvalue weighted by molar-refractivity contribution is 0.167. The quantitative estimate of drug-likeness (QED) is 0.651. The van der Waals surface area contributed by atoms with Crippen molar-refractivity contribution in [1.82, 2.24) is 10.2 Å². The molecule has 0 spiro atoms. The van der Waals surface area contributed by atoms with Crippen LogP contribution in [0, 0.1) is 0 Å². The molecule has 0 aromatic carbocycles. The van der Waals surface area contributed by atoms with Crippen molar-refractivity contribution < 1.29 is 4.39 Å². The number of nitrogens with one attached hydrogen (secondary N) is 1. The van der Waals surface area contributed by atoms with Crippen LogP contribution in [0.3, 0.4) is 0 Å². The third-order valence-electron chi connectivity index (χ3n) is 2.22. The third kappa shape index (κ3) is 2.75. The summed E-state index contributed by atoms with van der Waals surface area (Å²) in [4.78, 5) is 2.34. The van der Waals surface area contributed by atoms with Crippen LogP contribution in [0.15, 0.2) is 0 Å². The van der Waals surface area contributed by atoms with Crippen LogP contribution in [0.1, 0.15) is 13.3 Å². The number of halogens is 1. The molecule has 0 bridgehead atoms. The van der Waals surface area contributed by atoms with Gasteiger partial charge in [0.05, 0.1) is 6.67 Å². The Hall–Kier alpha value is -0.150. The Morgan fingerprint density at radius 2 is 2.45 bits per heavy atom. The zero-order chi connectivity index (χ0) is 8.10. The molecular weight excluding hydrogens is 143 g/mol. The lowest BCUT2D eigenvalue weighted by Crippen LogP contribution is -2.49. The largest absolute Gasteiger partial charge is 0.314 e. The molecule has 0 radical (unpaired) electrons. The van der Waals surface area contributed by atoms with E-state index in [0.29, 0.717) is 12.5 Å². The van der Waals surface area contributed by atoms with Crippen LogP contribution in [-0.4, -0.2) is 43.8 Å². The van der Waals surface area contributed by atoms with E-state index in [1.165, 1.54) is 0 Å². The van der Waals surface area contributed by atoms with Crippen molar-refractivity contribution in [2.45, 2.75) is 19.4 Å². The zero-order valence-corrected chi connectivity index (χ0v) is 7.15. The van der Waals surface area contributed by atoms with Crippen LogP contribution in [0.5, 0.6) is 0 Å². The SMILES string of the molecule is C[C@@H]1CNCCN1CCCF. The molecule has 66 valence electrons. The first-order valence-corrected chi connectivity index (χ1v) is 4.35. The highest BCUT2D eigenvalue weighted by atomic mass is 19.1. The van der Waals surface area contributed by atoms with Gasteiger partial charge >= 0.3 is 0 Å². The van der Waals surface area contributed by atoms with Gasteiger partial charge in [-0.25, -0.2) is 0 Å². The predicted molar refractivity (Wildman–Crippen MR) is 44.5 cm³/mol. The monoisotopic (exact) mass is 160 g/mol. The van der Waals surface area contributed by atoms with Crippen LogP contribution in [0.25, 0.3) is 0 Å². The second-order valence-corrected chi connectivity index (χ2v) is 3.13. The first-order chi connectivity index (χ1) is 5.34. The summed E-state index contributed by atoms with van der Waals surface area (Å²) in [6, 6.07) is 0.579. The molecule has 1 aliphatic heterocycles. The summed E-state index contributed by atoms with van der Waals surface area (Å²) in [7, 11) is 0. The summed E-state index contributed by atoms with van der Waals surface area (Å²) in [5.74, 6) is 0. The van der Waals surface area contributed by atoms with Gasteiger partial charge in [-0.1, -0.05) is 0 Å². The van der Waals surface area contributed by atoms with Gasteiger partial charge in [0, 0.05) is 32.2 Å². The van der Waals surface area contributed by atoms with E-state index in [1.54, 1.807) is 0 Å². The van der Waals surface area contributed by atoms with Gasteiger partial charge in [-0.2, -0.15) is 0 Å². The van der Waals surface area contributed by atoms with E-state index in [2.05, 4.69) is 17.1 Å². The van der Waals surface area contributed by atoms with Crippen molar-refractivity contribution in [3.63, 3.8) is 0 Å². The van der Waals surface area contributed by atoms with E-state index in [-0.39, 0.29) is 6.67 Å². The van der Waals surface area contributed by atoms with E-state index in [4.69, 9.17) is 0 Å². The van der Waals surface area contributed by atoms with Gasteiger partial charge in [-0.15, -0.1) is 0 Å². The summed E-state index contributed by atoms with van der Waals surface area (Å²) < 4.78 is 11.8. The molecular formula is C8H17FN2. The first kappa shape index (κ1) is 8.94. The lowest BCUT2D eigenvalue weighted by atomic mass is 10.2. The molecule has 0 aromatic heterocycles. The number of hydrogen-bond donors (Lipinski definition) is 1. The fourth-order valence-corrected chi connectivity index (χ4v) is 1.48. The van der Waals surface area contributed by atoms with Crippen molar-refractivity contribution >= 4 is 0 Å². The van der Waals surface area contributed by atoms with Crippen LogP contribution in [0.4, 0.5) is 4.39 Å². The molecule has 1 atom stereocenters. The molecule has 1 fully saturated rings. The Morgan fingerprint density at radius 3 is 3.09 bits per heavy atom. The van der Waals surface area contributed by atoms with Gasteiger partial charge in [0.1, 0.15) is 0 Å². The molecule has 0 aliphatic carbocycles. The number of nitrogens with zero attached hydrogens (tertiary/aromatic N) is 1. The summed E-state index contributed by atoms with van der Waals surface area (Å²) >= 11 is 0. The van der Waals surface area contributed by atoms with Crippen molar-refractivity contribution in [3.8, 4) is 0 Å².